The highest BCUT2D eigenvalue weighted by Crippen LogP contribution is 2.36. The molecule has 0 saturated carbocycles. The van der Waals surface area contributed by atoms with Crippen molar-refractivity contribution in [1.29, 1.82) is 5.26 Å². The van der Waals surface area contributed by atoms with Gasteiger partial charge in [0.05, 0.1) is 17.6 Å². The molecule has 166 valence electrons. The van der Waals surface area contributed by atoms with Crippen LogP contribution in [0.4, 0.5) is 9.52 Å². The molecule has 0 atom stereocenters. The van der Waals surface area contributed by atoms with Gasteiger partial charge in [-0.15, -0.1) is 11.3 Å². The molecule has 0 aliphatic carbocycles. The zero-order valence-electron chi connectivity index (χ0n) is 17.0. The fourth-order valence-corrected chi connectivity index (χ4v) is 4.71. The largest absolute Gasteiger partial charge is 0.481 e. The Hall–Kier alpha value is -4.01. The lowest BCUT2D eigenvalue weighted by Crippen LogP contribution is -2.13. The number of hydrogen-bond acceptors (Lipinski definition) is 8. The first-order valence-corrected chi connectivity index (χ1v) is 11.7. The molecule has 0 spiro atoms. The minimum absolute atomic E-state index is 0.0138. The number of nitriles is 1. The number of benzene rings is 2. The van der Waals surface area contributed by atoms with Gasteiger partial charge in [-0.05, 0) is 42.5 Å². The highest BCUT2D eigenvalue weighted by Gasteiger charge is 2.19. The summed E-state index contributed by atoms with van der Waals surface area (Å²) in [7, 11) is -2.46. The van der Waals surface area contributed by atoms with Gasteiger partial charge in [-0.25, -0.2) is 22.8 Å². The number of hydrogen-bond donors (Lipinski definition) is 1. The van der Waals surface area contributed by atoms with E-state index in [9.17, 15) is 18.1 Å². The highest BCUT2D eigenvalue weighted by molar-refractivity contribution is 7.93. The summed E-state index contributed by atoms with van der Waals surface area (Å²) in [5.41, 5.74) is 0.951. The lowest BCUT2D eigenvalue weighted by molar-refractivity contribution is 0.398. The standard InChI is InChI=1S/C22H15FN4O4S2/c1-30-21-7-2-14(13-26-21)18-11-16(23)3-5-20(18)31-19-6-4-17(10-15(19)12-24)33(28,29)27-22-25-8-9-32-22/h2-11,13H,1H3,(H,25,27). The van der Waals surface area contributed by atoms with Crippen molar-refractivity contribution in [2.45, 2.75) is 4.90 Å². The summed E-state index contributed by atoms with van der Waals surface area (Å²) in [5, 5.41) is 11.4. The Morgan fingerprint density at radius 1 is 1.09 bits per heavy atom. The number of nitrogens with one attached hydrogen (secondary N) is 1. The van der Waals surface area contributed by atoms with E-state index in [4.69, 9.17) is 9.47 Å². The van der Waals surface area contributed by atoms with Gasteiger partial charge in [-0.1, -0.05) is 0 Å². The molecule has 2 aromatic heterocycles. The van der Waals surface area contributed by atoms with Gasteiger partial charge < -0.3 is 9.47 Å². The molecule has 0 amide bonds. The van der Waals surface area contributed by atoms with Crippen LogP contribution >= 0.6 is 11.3 Å². The van der Waals surface area contributed by atoms with Gasteiger partial charge in [0.2, 0.25) is 5.88 Å². The summed E-state index contributed by atoms with van der Waals surface area (Å²) < 4.78 is 52.5. The fraction of sp³-hybridized carbons (Fsp3) is 0.0455. The molecule has 8 nitrogen and oxygen atoms in total. The minimum Gasteiger partial charge on any atom is -0.481 e. The van der Waals surface area contributed by atoms with E-state index < -0.39 is 15.8 Å². The second kappa shape index (κ2) is 9.23. The number of halogens is 1. The molecule has 0 saturated heterocycles. The first-order chi connectivity index (χ1) is 15.9. The van der Waals surface area contributed by atoms with E-state index in [0.717, 1.165) is 11.3 Å². The minimum atomic E-state index is -3.95. The number of aromatic nitrogens is 2. The van der Waals surface area contributed by atoms with Gasteiger partial charge in [0, 0.05) is 35.0 Å². The number of rotatable bonds is 7. The van der Waals surface area contributed by atoms with Crippen molar-refractivity contribution in [2.75, 3.05) is 11.8 Å². The summed E-state index contributed by atoms with van der Waals surface area (Å²) in [6.07, 6.45) is 2.98. The van der Waals surface area contributed by atoms with Crippen LogP contribution in [-0.4, -0.2) is 25.5 Å². The Morgan fingerprint density at radius 2 is 1.91 bits per heavy atom. The van der Waals surface area contributed by atoms with Crippen LogP contribution in [0.2, 0.25) is 0 Å². The molecule has 0 bridgehead atoms. The molecular formula is C22H15FN4O4S2. The van der Waals surface area contributed by atoms with E-state index in [1.54, 1.807) is 17.5 Å². The molecule has 11 heteroatoms. The van der Waals surface area contributed by atoms with Crippen molar-refractivity contribution in [2.24, 2.45) is 0 Å². The molecular weight excluding hydrogens is 467 g/mol. The second-order valence-electron chi connectivity index (χ2n) is 6.54. The average molecular weight is 483 g/mol. The van der Waals surface area contributed by atoms with Crippen molar-refractivity contribution in [3.8, 4) is 34.6 Å². The molecule has 0 radical (unpaired) electrons. The molecule has 0 aliphatic rings. The molecule has 4 rings (SSSR count). The summed E-state index contributed by atoms with van der Waals surface area (Å²) in [5.74, 6) is 0.285. The van der Waals surface area contributed by atoms with E-state index in [-0.39, 0.29) is 27.1 Å². The quantitative estimate of drug-likeness (QED) is 0.402. The maximum absolute atomic E-state index is 14.0. The first kappa shape index (κ1) is 22.2. The number of nitrogens with zero attached hydrogens (tertiary/aromatic N) is 3. The van der Waals surface area contributed by atoms with Crippen molar-refractivity contribution in [1.82, 2.24) is 9.97 Å². The van der Waals surface area contributed by atoms with Crippen LogP contribution in [0.15, 0.2) is 71.2 Å². The Kier molecular flexibility index (Phi) is 6.21. The Balaban J connectivity index is 1.68. The van der Waals surface area contributed by atoms with Crippen LogP contribution in [0, 0.1) is 17.1 Å². The second-order valence-corrected chi connectivity index (χ2v) is 9.12. The third-order valence-corrected chi connectivity index (χ3v) is 6.61. The van der Waals surface area contributed by atoms with Crippen molar-refractivity contribution in [3.05, 3.63) is 77.7 Å². The number of pyridine rings is 1. The Bertz CT molecular complexity index is 1430. The average Bonchev–Trinajstić information content (AvgIpc) is 3.32. The molecule has 2 aromatic carbocycles. The fourth-order valence-electron chi connectivity index (χ4n) is 2.90. The van der Waals surface area contributed by atoms with E-state index in [2.05, 4.69) is 14.7 Å². The highest BCUT2D eigenvalue weighted by atomic mass is 32.2. The van der Waals surface area contributed by atoms with E-state index in [0.29, 0.717) is 17.0 Å². The van der Waals surface area contributed by atoms with Gasteiger partial charge >= 0.3 is 0 Å². The zero-order chi connectivity index (χ0) is 23.4. The van der Waals surface area contributed by atoms with Crippen LogP contribution < -0.4 is 14.2 Å². The van der Waals surface area contributed by atoms with E-state index >= 15 is 0 Å². The molecule has 33 heavy (non-hydrogen) atoms. The SMILES string of the molecule is COc1ccc(-c2cc(F)ccc2Oc2ccc(S(=O)(=O)Nc3nccs3)cc2C#N)cn1. The number of ether oxygens (including phenoxy) is 2. The molecule has 0 unspecified atom stereocenters. The predicted molar refractivity (Wildman–Crippen MR) is 120 cm³/mol. The Morgan fingerprint density at radius 3 is 2.58 bits per heavy atom. The third-order valence-electron chi connectivity index (χ3n) is 4.45. The van der Waals surface area contributed by atoms with Crippen LogP contribution in [-0.2, 0) is 10.0 Å². The van der Waals surface area contributed by atoms with Crippen LogP contribution in [0.3, 0.4) is 0 Å². The number of sulfonamides is 1. The lowest BCUT2D eigenvalue weighted by atomic mass is 10.1. The summed E-state index contributed by atoms with van der Waals surface area (Å²) in [4.78, 5) is 7.89. The summed E-state index contributed by atoms with van der Waals surface area (Å²) >= 11 is 1.13. The summed E-state index contributed by atoms with van der Waals surface area (Å²) in [6, 6.07) is 13.1. The number of thiazole rings is 1. The molecule has 1 N–H and O–H groups in total. The number of methoxy groups -OCH3 is 1. The zero-order valence-corrected chi connectivity index (χ0v) is 18.7. The van der Waals surface area contributed by atoms with E-state index in [1.807, 2.05) is 6.07 Å². The number of anilines is 1. The van der Waals surface area contributed by atoms with Crippen LogP contribution in [0.25, 0.3) is 11.1 Å². The third kappa shape index (κ3) is 4.92. The lowest BCUT2D eigenvalue weighted by Gasteiger charge is -2.14. The molecule has 2 heterocycles. The van der Waals surface area contributed by atoms with Gasteiger partial charge in [0.1, 0.15) is 23.4 Å². The predicted octanol–water partition coefficient (Wildman–Crippen LogP) is 4.82. The maximum atomic E-state index is 14.0. The normalized spacial score (nSPS) is 10.9. The van der Waals surface area contributed by atoms with Gasteiger partial charge in [0.25, 0.3) is 10.0 Å². The Labute approximate surface area is 193 Å². The first-order valence-electron chi connectivity index (χ1n) is 9.34. The maximum Gasteiger partial charge on any atom is 0.263 e. The smallest absolute Gasteiger partial charge is 0.263 e. The molecule has 0 aliphatic heterocycles. The van der Waals surface area contributed by atoms with Crippen molar-refractivity contribution in [3.63, 3.8) is 0 Å². The molecule has 0 fully saturated rings. The topological polar surface area (TPSA) is 114 Å². The van der Waals surface area contributed by atoms with Crippen molar-refractivity contribution < 1.29 is 22.3 Å². The van der Waals surface area contributed by atoms with E-state index in [1.165, 1.54) is 55.9 Å². The summed E-state index contributed by atoms with van der Waals surface area (Å²) in [6.45, 7) is 0. The molecule has 4 aromatic rings. The van der Waals surface area contributed by atoms with Gasteiger partial charge in [-0.2, -0.15) is 5.26 Å². The van der Waals surface area contributed by atoms with Gasteiger partial charge in [0.15, 0.2) is 5.13 Å². The van der Waals surface area contributed by atoms with Crippen LogP contribution in [0.1, 0.15) is 5.56 Å². The van der Waals surface area contributed by atoms with Gasteiger partial charge in [-0.3, -0.25) is 4.72 Å². The van der Waals surface area contributed by atoms with Crippen LogP contribution in [0.5, 0.6) is 17.4 Å². The monoisotopic (exact) mass is 482 g/mol. The van der Waals surface area contributed by atoms with Crippen molar-refractivity contribution >= 4 is 26.5 Å².